The Hall–Kier alpha value is -4.51. The number of halogens is 1. The Morgan fingerprint density at radius 3 is 2.25 bits per heavy atom. The van der Waals surface area contributed by atoms with Gasteiger partial charge in [-0.1, -0.05) is 96.5 Å². The van der Waals surface area contributed by atoms with Crippen molar-refractivity contribution in [2.45, 2.75) is 90.3 Å². The number of carbonyl (C=O) groups is 4. The van der Waals surface area contributed by atoms with Crippen molar-refractivity contribution in [3.63, 3.8) is 0 Å². The highest BCUT2D eigenvalue weighted by Crippen LogP contribution is 2.29. The first-order chi connectivity index (χ1) is 24.8. The molecule has 0 aliphatic carbocycles. The summed E-state index contributed by atoms with van der Waals surface area (Å²) in [7, 11) is 0. The third kappa shape index (κ3) is 12.0. The van der Waals surface area contributed by atoms with Crippen LogP contribution in [0.3, 0.4) is 0 Å². The Morgan fingerprint density at radius 1 is 0.962 bits per heavy atom. The van der Waals surface area contributed by atoms with Crippen molar-refractivity contribution in [3.8, 4) is 0 Å². The third-order valence-corrected chi connectivity index (χ3v) is 9.43. The fraction of sp³-hybridized carbons (Fsp3) is 0.415. The number of nitrogens with one attached hydrogen (secondary N) is 2. The van der Waals surface area contributed by atoms with Gasteiger partial charge in [0.05, 0.1) is 36.3 Å². The monoisotopic (exact) mass is 730 g/mol. The molecule has 1 saturated heterocycles. The van der Waals surface area contributed by atoms with E-state index in [4.69, 9.17) is 26.8 Å². The second-order valence-electron chi connectivity index (χ2n) is 13.8. The van der Waals surface area contributed by atoms with Crippen LogP contribution < -0.4 is 16.4 Å². The molecule has 3 aromatic rings. The van der Waals surface area contributed by atoms with Gasteiger partial charge in [0.1, 0.15) is 12.6 Å². The van der Waals surface area contributed by atoms with E-state index in [0.717, 1.165) is 23.1 Å². The maximum atomic E-state index is 14.3. The number of amides is 3. The summed E-state index contributed by atoms with van der Waals surface area (Å²) < 4.78 is 11.5. The molecule has 278 valence electrons. The molecule has 52 heavy (non-hydrogen) atoms. The van der Waals surface area contributed by atoms with Gasteiger partial charge in [-0.2, -0.15) is 0 Å². The molecule has 1 fully saturated rings. The molecule has 0 spiro atoms. The van der Waals surface area contributed by atoms with Crippen molar-refractivity contribution >= 4 is 35.3 Å². The molecule has 1 heterocycles. The van der Waals surface area contributed by atoms with Gasteiger partial charge in [-0.15, -0.1) is 0 Å². The predicted molar refractivity (Wildman–Crippen MR) is 202 cm³/mol. The van der Waals surface area contributed by atoms with Crippen molar-refractivity contribution in [3.05, 3.63) is 119 Å². The van der Waals surface area contributed by atoms with Gasteiger partial charge in [-0.25, -0.2) is 0 Å². The predicted octanol–water partition coefficient (Wildman–Crippen LogP) is 5.16. The van der Waals surface area contributed by atoms with E-state index in [1.54, 1.807) is 24.8 Å². The van der Waals surface area contributed by atoms with E-state index in [1.807, 2.05) is 97.9 Å². The first-order valence-corrected chi connectivity index (χ1v) is 18.2. The molecule has 4 N–H and O–H groups in total. The second kappa shape index (κ2) is 19.4. The fourth-order valence-corrected chi connectivity index (χ4v) is 6.45. The number of likely N-dealkylation sites (tertiary alicyclic amines) is 1. The van der Waals surface area contributed by atoms with Crippen LogP contribution in [-0.4, -0.2) is 72.0 Å². The average molecular weight is 731 g/mol. The summed E-state index contributed by atoms with van der Waals surface area (Å²) in [5.41, 5.74) is 7.58. The first-order valence-electron chi connectivity index (χ1n) is 17.8. The van der Waals surface area contributed by atoms with Crippen molar-refractivity contribution in [1.82, 2.24) is 15.5 Å². The normalized spacial score (nSPS) is 17.8. The largest absolute Gasteiger partial charge is 0.464 e. The molecule has 3 amide bonds. The van der Waals surface area contributed by atoms with Crippen molar-refractivity contribution in [1.29, 1.82) is 0 Å². The lowest BCUT2D eigenvalue weighted by Crippen LogP contribution is -2.57. The van der Waals surface area contributed by atoms with E-state index in [0.29, 0.717) is 30.8 Å². The number of carbonyl (C=O) groups excluding carboxylic acids is 4. The van der Waals surface area contributed by atoms with Crippen LogP contribution in [0.4, 0.5) is 0 Å². The quantitative estimate of drug-likeness (QED) is 0.129. The minimum Gasteiger partial charge on any atom is -0.464 e. The van der Waals surface area contributed by atoms with Crippen LogP contribution in [0, 0.1) is 5.41 Å². The Labute approximate surface area is 312 Å². The number of benzene rings is 3. The molecule has 1 aliphatic rings. The van der Waals surface area contributed by atoms with E-state index in [1.165, 1.54) is 6.92 Å². The molecule has 10 nitrogen and oxygen atoms in total. The van der Waals surface area contributed by atoms with Gasteiger partial charge in [-0.3, -0.25) is 19.2 Å². The lowest BCUT2D eigenvalue weighted by Gasteiger charge is -2.32. The molecule has 4 unspecified atom stereocenters. The molecular formula is C41H51ClN4O6. The van der Waals surface area contributed by atoms with Crippen LogP contribution in [0.5, 0.6) is 0 Å². The molecule has 3 aromatic carbocycles. The van der Waals surface area contributed by atoms with Crippen molar-refractivity contribution in [2.24, 2.45) is 11.1 Å². The zero-order chi connectivity index (χ0) is 37.7. The van der Waals surface area contributed by atoms with E-state index in [2.05, 4.69) is 10.6 Å². The van der Waals surface area contributed by atoms with Crippen LogP contribution in [0.15, 0.2) is 97.1 Å². The van der Waals surface area contributed by atoms with Crippen LogP contribution in [0.1, 0.15) is 57.2 Å². The maximum absolute atomic E-state index is 14.3. The number of nitrogens with zero attached hydrogens (tertiary/aromatic N) is 1. The number of nitrogens with two attached hydrogens (primary N) is 1. The summed E-state index contributed by atoms with van der Waals surface area (Å²) in [4.78, 5) is 54.8. The highest BCUT2D eigenvalue weighted by Gasteiger charge is 2.38. The van der Waals surface area contributed by atoms with E-state index in [-0.39, 0.29) is 31.1 Å². The highest BCUT2D eigenvalue weighted by molar-refractivity contribution is 6.30. The average Bonchev–Trinajstić information content (AvgIpc) is 3.60. The number of esters is 1. The molecule has 1 aliphatic heterocycles. The second-order valence-corrected chi connectivity index (χ2v) is 14.2. The van der Waals surface area contributed by atoms with Gasteiger partial charge >= 0.3 is 5.97 Å². The minimum atomic E-state index is -1.08. The number of hydrogen-bond acceptors (Lipinski definition) is 7. The summed E-state index contributed by atoms with van der Waals surface area (Å²) in [6.45, 7) is 7.27. The number of rotatable bonds is 17. The molecular weight excluding hydrogens is 680 g/mol. The molecule has 6 atom stereocenters. The van der Waals surface area contributed by atoms with Crippen molar-refractivity contribution < 1.29 is 28.7 Å². The summed E-state index contributed by atoms with van der Waals surface area (Å²) in [6, 6.07) is 24.0. The SMILES string of the molecule is CC(=O)OCC(Cc1ccccc1)NC(=O)[C@@](C)(/C=C/C1CCCN1C(=O)C(NC(=O)[C@H](C)N)C(C)OCc1ccccc1)Cc1cccc(Cl)c1. The number of hydrogen-bond donors (Lipinski definition) is 3. The summed E-state index contributed by atoms with van der Waals surface area (Å²) >= 11 is 6.34. The van der Waals surface area contributed by atoms with Gasteiger partial charge in [0, 0.05) is 18.5 Å². The van der Waals surface area contributed by atoms with Gasteiger partial charge in [0.25, 0.3) is 0 Å². The van der Waals surface area contributed by atoms with Gasteiger partial charge in [0.15, 0.2) is 0 Å². The third-order valence-electron chi connectivity index (χ3n) is 9.20. The Kier molecular flexibility index (Phi) is 15.0. The zero-order valence-corrected chi connectivity index (χ0v) is 31.2. The van der Waals surface area contributed by atoms with Gasteiger partial charge in [-0.05, 0) is 75.3 Å². The minimum absolute atomic E-state index is 0.0108. The zero-order valence-electron chi connectivity index (χ0n) is 30.4. The van der Waals surface area contributed by atoms with Gasteiger partial charge in [0.2, 0.25) is 17.7 Å². The molecule has 11 heteroatoms. The van der Waals surface area contributed by atoms with E-state index in [9.17, 15) is 19.2 Å². The van der Waals surface area contributed by atoms with Crippen molar-refractivity contribution in [2.75, 3.05) is 13.2 Å². The molecule has 0 aromatic heterocycles. The Balaban J connectivity index is 1.59. The van der Waals surface area contributed by atoms with E-state index >= 15 is 0 Å². The van der Waals surface area contributed by atoms with Crippen LogP contribution in [-0.2, 0) is 48.1 Å². The van der Waals surface area contributed by atoms with Crippen LogP contribution in [0.2, 0.25) is 5.02 Å². The topological polar surface area (TPSA) is 140 Å². The smallest absolute Gasteiger partial charge is 0.302 e. The summed E-state index contributed by atoms with van der Waals surface area (Å²) in [5, 5.41) is 6.52. The molecule has 0 radical (unpaired) electrons. The van der Waals surface area contributed by atoms with Crippen LogP contribution in [0.25, 0.3) is 0 Å². The Bertz CT molecular complexity index is 1670. The first kappa shape index (κ1) is 40.3. The number of ether oxygens (including phenoxy) is 2. The van der Waals surface area contributed by atoms with E-state index < -0.39 is 41.5 Å². The fourth-order valence-electron chi connectivity index (χ4n) is 6.24. The lowest BCUT2D eigenvalue weighted by molar-refractivity contribution is -0.143. The lowest BCUT2D eigenvalue weighted by atomic mass is 9.81. The Morgan fingerprint density at radius 2 is 1.62 bits per heavy atom. The molecule has 4 rings (SSSR count). The highest BCUT2D eigenvalue weighted by atomic mass is 35.5. The summed E-state index contributed by atoms with van der Waals surface area (Å²) in [5.74, 6) is -1.44. The molecule has 0 saturated carbocycles. The summed E-state index contributed by atoms with van der Waals surface area (Å²) in [6.07, 6.45) is 5.31. The maximum Gasteiger partial charge on any atom is 0.302 e. The van der Waals surface area contributed by atoms with Crippen LogP contribution >= 0.6 is 11.6 Å². The standard InChI is InChI=1S/C41H51ClN4O6/c1-28(43)38(48)45-37(29(2)51-26-32-15-9-6-10-16-32)39(49)46-22-12-19-36(46)20-21-41(4,25-33-17-11-18-34(42)23-33)40(50)44-35(27-52-30(3)47)24-31-13-7-5-8-14-31/h5-11,13-18,20-21,23,28-29,35-37H,12,19,22,24-27,43H2,1-4H3,(H,44,50)(H,45,48)/b21-20+/t28-,29?,35?,36?,37?,41-/m0/s1. The molecule has 0 bridgehead atoms. The van der Waals surface area contributed by atoms with Gasteiger partial charge < -0.3 is 30.7 Å².